The van der Waals surface area contributed by atoms with Crippen molar-refractivity contribution in [2.24, 2.45) is 0 Å². The molecule has 4 aromatic rings. The van der Waals surface area contributed by atoms with Gasteiger partial charge in [0.05, 0.1) is 11.5 Å². The number of sulfonamides is 1. The average Bonchev–Trinajstić information content (AvgIpc) is 3.18. The van der Waals surface area contributed by atoms with Crippen LogP contribution in [0.2, 0.25) is 0 Å². The Balaban J connectivity index is 1.41. The maximum atomic E-state index is 12.3. The van der Waals surface area contributed by atoms with Crippen LogP contribution in [0.5, 0.6) is 0 Å². The molecule has 0 spiro atoms. The molecule has 182 valence electrons. The zero-order chi connectivity index (χ0) is 25.2. The van der Waals surface area contributed by atoms with Gasteiger partial charge in [0, 0.05) is 17.8 Å². The number of nitrogens with one attached hydrogen (secondary N) is 1. The van der Waals surface area contributed by atoms with E-state index in [2.05, 4.69) is 0 Å². The summed E-state index contributed by atoms with van der Waals surface area (Å²) in [5.74, 6) is 0. The molecule has 0 unspecified atom stereocenters. The first-order valence-electron chi connectivity index (χ1n) is 10.9. The summed E-state index contributed by atoms with van der Waals surface area (Å²) in [7, 11) is -3.97. The first-order valence-corrected chi connectivity index (χ1v) is 13.6. The van der Waals surface area contributed by atoms with Gasteiger partial charge in [0.25, 0.3) is 10.0 Å². The molecule has 10 heteroatoms. The number of hydrogen-bond acceptors (Lipinski definition) is 7. The summed E-state index contributed by atoms with van der Waals surface area (Å²) in [4.78, 5) is 21.5. The van der Waals surface area contributed by atoms with Crippen molar-refractivity contribution in [1.29, 1.82) is 0 Å². The minimum absolute atomic E-state index is 0.00662. The summed E-state index contributed by atoms with van der Waals surface area (Å²) in [6.07, 6.45) is 1.42. The van der Waals surface area contributed by atoms with Crippen LogP contribution in [-0.2, 0) is 21.2 Å². The number of amides is 1. The molecule has 35 heavy (non-hydrogen) atoms. The van der Waals surface area contributed by atoms with Crippen molar-refractivity contribution < 1.29 is 17.9 Å². The normalized spacial score (nSPS) is 11.5. The number of aryl methyl sites for hydroxylation is 3. The van der Waals surface area contributed by atoms with Crippen LogP contribution >= 0.6 is 11.8 Å². The second-order valence-corrected chi connectivity index (χ2v) is 10.6. The molecule has 1 amide bonds. The van der Waals surface area contributed by atoms with E-state index in [-0.39, 0.29) is 11.5 Å². The monoisotopic (exact) mass is 510 g/mol. The van der Waals surface area contributed by atoms with Crippen molar-refractivity contribution in [2.75, 3.05) is 12.9 Å². The van der Waals surface area contributed by atoms with E-state index >= 15 is 0 Å². The third-order valence-corrected chi connectivity index (χ3v) is 7.42. The number of rotatable bonds is 7. The van der Waals surface area contributed by atoms with Crippen molar-refractivity contribution in [3.8, 4) is 5.69 Å². The van der Waals surface area contributed by atoms with Crippen molar-refractivity contribution in [1.82, 2.24) is 19.3 Å². The minimum atomic E-state index is -3.97. The van der Waals surface area contributed by atoms with E-state index < -0.39 is 16.1 Å². The minimum Gasteiger partial charge on any atom is -0.448 e. The van der Waals surface area contributed by atoms with E-state index in [1.807, 2.05) is 66.6 Å². The van der Waals surface area contributed by atoms with Crippen LogP contribution in [0.1, 0.15) is 22.4 Å². The van der Waals surface area contributed by atoms with E-state index in [9.17, 15) is 13.2 Å². The fourth-order valence-electron chi connectivity index (χ4n) is 3.70. The Morgan fingerprint density at radius 2 is 1.71 bits per heavy atom. The van der Waals surface area contributed by atoms with Crippen LogP contribution in [-0.4, -0.2) is 41.9 Å². The quantitative estimate of drug-likeness (QED) is 0.359. The van der Waals surface area contributed by atoms with Gasteiger partial charge in [-0.15, -0.1) is 0 Å². The molecule has 0 aliphatic heterocycles. The van der Waals surface area contributed by atoms with E-state index in [0.29, 0.717) is 6.42 Å². The van der Waals surface area contributed by atoms with Crippen molar-refractivity contribution in [3.05, 3.63) is 77.0 Å². The van der Waals surface area contributed by atoms with Gasteiger partial charge in [-0.25, -0.2) is 27.9 Å². The Morgan fingerprint density at radius 1 is 1.03 bits per heavy atom. The van der Waals surface area contributed by atoms with Gasteiger partial charge >= 0.3 is 6.09 Å². The molecule has 0 aliphatic carbocycles. The number of thioether (sulfide) groups is 1. The summed E-state index contributed by atoms with van der Waals surface area (Å²) < 4.78 is 33.7. The predicted molar refractivity (Wildman–Crippen MR) is 137 cm³/mol. The van der Waals surface area contributed by atoms with Crippen LogP contribution < -0.4 is 4.72 Å². The van der Waals surface area contributed by atoms with E-state index in [0.717, 1.165) is 44.4 Å². The first-order chi connectivity index (χ1) is 16.7. The zero-order valence-electron chi connectivity index (χ0n) is 19.9. The van der Waals surface area contributed by atoms with Gasteiger partial charge in [0.2, 0.25) is 0 Å². The van der Waals surface area contributed by atoms with Gasteiger partial charge in [-0.3, -0.25) is 4.57 Å². The van der Waals surface area contributed by atoms with Gasteiger partial charge in [-0.05, 0) is 68.5 Å². The molecule has 0 fully saturated rings. The van der Waals surface area contributed by atoms with Crippen molar-refractivity contribution >= 4 is 39.0 Å². The van der Waals surface area contributed by atoms with Crippen molar-refractivity contribution in [3.63, 3.8) is 0 Å². The number of nitrogens with zero attached hydrogens (tertiary/aromatic N) is 3. The molecule has 0 saturated heterocycles. The fraction of sp³-hybridized carbons (Fsp3) is 0.240. The SMILES string of the molecule is CSc1nc2c(C)cc(C)nc2n1-c1ccc(CCOC(=O)NS(=O)(=O)c2ccc(C)cc2)cc1. The highest BCUT2D eigenvalue weighted by atomic mass is 32.2. The van der Waals surface area contributed by atoms with Crippen LogP contribution in [0.3, 0.4) is 0 Å². The highest BCUT2D eigenvalue weighted by Gasteiger charge is 2.18. The lowest BCUT2D eigenvalue weighted by Gasteiger charge is -2.10. The number of ether oxygens (including phenoxy) is 1. The Bertz CT molecular complexity index is 1480. The Labute approximate surface area is 208 Å². The number of hydrogen-bond donors (Lipinski definition) is 1. The molecule has 0 bridgehead atoms. The average molecular weight is 511 g/mol. The second kappa shape index (κ2) is 10.1. The number of carbonyl (C=O) groups is 1. The molecular weight excluding hydrogens is 484 g/mol. The van der Waals surface area contributed by atoms with Crippen LogP contribution in [0.15, 0.2) is 64.6 Å². The van der Waals surface area contributed by atoms with Crippen LogP contribution in [0.25, 0.3) is 16.9 Å². The predicted octanol–water partition coefficient (Wildman–Crippen LogP) is 4.73. The summed E-state index contributed by atoms with van der Waals surface area (Å²) in [6.45, 7) is 5.89. The number of fused-ring (bicyclic) bond motifs is 1. The van der Waals surface area contributed by atoms with Gasteiger partial charge in [0.1, 0.15) is 5.52 Å². The van der Waals surface area contributed by atoms with Crippen LogP contribution in [0, 0.1) is 20.8 Å². The first kappa shape index (κ1) is 24.7. The van der Waals surface area contributed by atoms with Crippen molar-refractivity contribution in [2.45, 2.75) is 37.2 Å². The van der Waals surface area contributed by atoms with Gasteiger partial charge in [-0.2, -0.15) is 0 Å². The molecule has 0 aliphatic rings. The highest BCUT2D eigenvalue weighted by molar-refractivity contribution is 7.98. The number of imidazole rings is 1. The van der Waals surface area contributed by atoms with Crippen LogP contribution in [0.4, 0.5) is 4.79 Å². The number of aromatic nitrogens is 3. The number of benzene rings is 2. The lowest BCUT2D eigenvalue weighted by atomic mass is 10.1. The largest absolute Gasteiger partial charge is 0.448 e. The Morgan fingerprint density at radius 3 is 2.37 bits per heavy atom. The smallest absolute Gasteiger partial charge is 0.421 e. The highest BCUT2D eigenvalue weighted by Crippen LogP contribution is 2.28. The third kappa shape index (κ3) is 5.49. The number of carbonyl (C=O) groups excluding carboxylic acids is 1. The maximum absolute atomic E-state index is 12.3. The lowest BCUT2D eigenvalue weighted by Crippen LogP contribution is -2.31. The van der Waals surface area contributed by atoms with E-state index in [4.69, 9.17) is 14.7 Å². The van der Waals surface area contributed by atoms with Gasteiger partial charge < -0.3 is 4.74 Å². The standard InChI is InChI=1S/C25H26N4O4S2/c1-16-5-11-21(12-6-16)35(31,32)28-25(30)33-14-13-19-7-9-20(10-8-19)29-23-22(27-24(29)34-4)17(2)15-18(3)26-23/h5-12,15H,13-14H2,1-4H3,(H,28,30). The topological polar surface area (TPSA) is 103 Å². The third-order valence-electron chi connectivity index (χ3n) is 5.45. The Kier molecular flexibility index (Phi) is 7.13. The molecule has 2 aromatic carbocycles. The summed E-state index contributed by atoms with van der Waals surface area (Å²) in [5.41, 5.74) is 6.50. The maximum Gasteiger partial charge on any atom is 0.421 e. The molecule has 8 nitrogen and oxygen atoms in total. The molecule has 0 radical (unpaired) electrons. The van der Waals surface area contributed by atoms with E-state index in [1.54, 1.807) is 23.9 Å². The molecule has 1 N–H and O–H groups in total. The number of pyridine rings is 1. The molecule has 2 aromatic heterocycles. The summed E-state index contributed by atoms with van der Waals surface area (Å²) in [5, 5.41) is 0.851. The zero-order valence-corrected chi connectivity index (χ0v) is 21.5. The lowest BCUT2D eigenvalue weighted by molar-refractivity contribution is 0.154. The second-order valence-electron chi connectivity index (χ2n) is 8.16. The molecule has 0 saturated carbocycles. The molecular formula is C25H26N4O4S2. The van der Waals surface area contributed by atoms with Gasteiger partial charge in [0.15, 0.2) is 10.8 Å². The summed E-state index contributed by atoms with van der Waals surface area (Å²) >= 11 is 1.55. The Hall–Kier alpha value is -3.37. The molecule has 0 atom stereocenters. The molecule has 4 rings (SSSR count). The van der Waals surface area contributed by atoms with E-state index in [1.165, 1.54) is 12.1 Å². The van der Waals surface area contributed by atoms with Gasteiger partial charge in [-0.1, -0.05) is 41.6 Å². The fourth-order valence-corrected chi connectivity index (χ4v) is 5.15. The summed E-state index contributed by atoms with van der Waals surface area (Å²) in [6, 6.07) is 16.1. The molecule has 2 heterocycles.